The van der Waals surface area contributed by atoms with Gasteiger partial charge in [-0.1, -0.05) is 0 Å². The molecule has 1 aromatic carbocycles. The molecule has 0 aliphatic rings. The zero-order valence-corrected chi connectivity index (χ0v) is 6.91. The summed E-state index contributed by atoms with van der Waals surface area (Å²) in [6.07, 6.45) is 0. The Morgan fingerprint density at radius 1 is 1.36 bits per heavy atom. The fourth-order valence-electron chi connectivity index (χ4n) is 0.710. The molecule has 0 saturated carbocycles. The third-order valence-electron chi connectivity index (χ3n) is 1.29. The fraction of sp³-hybridized carbons (Fsp3) is 0.143. The molecule has 0 aliphatic carbocycles. The van der Waals surface area contributed by atoms with Crippen LogP contribution in [0.3, 0.4) is 0 Å². The predicted molar refractivity (Wildman–Crippen MR) is 42.5 cm³/mol. The molecule has 1 unspecified atom stereocenters. The highest BCUT2D eigenvalue weighted by molar-refractivity contribution is 7.47. The van der Waals surface area contributed by atoms with E-state index in [2.05, 4.69) is 0 Å². The Morgan fingerprint density at radius 2 is 1.91 bits per heavy atom. The van der Waals surface area contributed by atoms with Crippen molar-refractivity contribution in [2.45, 2.75) is 0 Å². The summed E-state index contributed by atoms with van der Waals surface area (Å²) in [5, 5.41) is 0.417. The molecule has 0 aliphatic heterocycles. The lowest BCUT2D eigenvalue weighted by Gasteiger charge is -1.94. The monoisotopic (exact) mass is 171 g/mol. The Bertz CT molecular complexity index is 255. The summed E-state index contributed by atoms with van der Waals surface area (Å²) in [7, 11) is -0.669. The largest absolute Gasteiger partial charge is 0.546 e. The smallest absolute Gasteiger partial charge is 0.497 e. The van der Waals surface area contributed by atoms with Gasteiger partial charge < -0.3 is 4.74 Å². The summed E-state index contributed by atoms with van der Waals surface area (Å²) < 4.78 is 15.4. The minimum Gasteiger partial charge on any atom is -0.497 e. The van der Waals surface area contributed by atoms with Crippen molar-refractivity contribution in [2.75, 3.05) is 7.11 Å². The van der Waals surface area contributed by atoms with Crippen LogP contribution in [0.5, 0.6) is 5.75 Å². The van der Waals surface area contributed by atoms with Gasteiger partial charge >= 0.3 is 8.03 Å². The van der Waals surface area contributed by atoms with Gasteiger partial charge in [0, 0.05) is 0 Å². The number of hydrogen-bond donors (Lipinski definition) is 1. The van der Waals surface area contributed by atoms with Crippen molar-refractivity contribution in [3.63, 3.8) is 0 Å². The SMILES string of the molecule is COc1ccc([P+](=O)O)cc1. The minimum atomic E-state index is -2.22. The minimum absolute atomic E-state index is 0.417. The molecule has 0 amide bonds. The number of hydrogen-bond acceptors (Lipinski definition) is 2. The van der Waals surface area contributed by atoms with Gasteiger partial charge in [-0.15, -0.1) is 0 Å². The maximum atomic E-state index is 10.5. The first kappa shape index (κ1) is 8.18. The third-order valence-corrected chi connectivity index (χ3v) is 2.03. The van der Waals surface area contributed by atoms with Crippen LogP contribution in [0.1, 0.15) is 0 Å². The van der Waals surface area contributed by atoms with Gasteiger partial charge in [0.15, 0.2) is 0 Å². The van der Waals surface area contributed by atoms with E-state index in [4.69, 9.17) is 9.63 Å². The molecule has 1 N–H and O–H groups in total. The molecule has 0 bridgehead atoms. The Hall–Kier alpha value is -0.920. The van der Waals surface area contributed by atoms with Gasteiger partial charge in [0.2, 0.25) is 5.30 Å². The van der Waals surface area contributed by atoms with Crippen LogP contribution in [-0.2, 0) is 4.57 Å². The van der Waals surface area contributed by atoms with Crippen LogP contribution in [0.15, 0.2) is 24.3 Å². The lowest BCUT2D eigenvalue weighted by atomic mass is 10.3. The molecular formula is C7H8O3P+. The van der Waals surface area contributed by atoms with E-state index in [0.29, 0.717) is 11.1 Å². The first-order valence-corrected chi connectivity index (χ1v) is 4.25. The maximum Gasteiger partial charge on any atom is 0.546 e. The molecule has 58 valence electrons. The number of methoxy groups -OCH3 is 1. The average Bonchev–Trinajstić information content (AvgIpc) is 2.05. The first-order chi connectivity index (χ1) is 5.24. The van der Waals surface area contributed by atoms with Gasteiger partial charge in [0.25, 0.3) is 0 Å². The summed E-state index contributed by atoms with van der Waals surface area (Å²) in [6, 6.07) is 6.44. The van der Waals surface area contributed by atoms with Crippen LogP contribution in [-0.4, -0.2) is 12.0 Å². The van der Waals surface area contributed by atoms with Crippen LogP contribution in [0.4, 0.5) is 0 Å². The molecule has 0 aromatic heterocycles. The van der Waals surface area contributed by atoms with Crippen molar-refractivity contribution in [1.82, 2.24) is 0 Å². The van der Waals surface area contributed by atoms with E-state index in [-0.39, 0.29) is 0 Å². The van der Waals surface area contributed by atoms with E-state index in [1.165, 1.54) is 0 Å². The van der Waals surface area contributed by atoms with Crippen LogP contribution < -0.4 is 10.0 Å². The molecule has 3 nitrogen and oxygen atoms in total. The molecule has 0 heterocycles. The van der Waals surface area contributed by atoms with Crippen LogP contribution in [0.25, 0.3) is 0 Å². The molecule has 1 aromatic rings. The second-order valence-electron chi connectivity index (χ2n) is 1.97. The van der Waals surface area contributed by atoms with E-state index >= 15 is 0 Å². The van der Waals surface area contributed by atoms with Crippen molar-refractivity contribution in [2.24, 2.45) is 0 Å². The van der Waals surface area contributed by atoms with Crippen molar-refractivity contribution < 1.29 is 14.2 Å². The number of ether oxygens (including phenoxy) is 1. The third kappa shape index (κ3) is 2.00. The van der Waals surface area contributed by atoms with Crippen molar-refractivity contribution in [3.05, 3.63) is 24.3 Å². The van der Waals surface area contributed by atoms with Gasteiger partial charge in [-0.3, -0.25) is 0 Å². The molecule has 0 saturated heterocycles. The van der Waals surface area contributed by atoms with E-state index in [0.717, 1.165) is 0 Å². The number of benzene rings is 1. The highest BCUT2D eigenvalue weighted by atomic mass is 31.1. The molecule has 11 heavy (non-hydrogen) atoms. The molecule has 1 rings (SSSR count). The highest BCUT2D eigenvalue weighted by Crippen LogP contribution is 2.15. The fourth-order valence-corrected chi connectivity index (χ4v) is 1.11. The zero-order valence-electron chi connectivity index (χ0n) is 6.02. The van der Waals surface area contributed by atoms with Crippen molar-refractivity contribution >= 4 is 13.3 Å². The quantitative estimate of drug-likeness (QED) is 0.676. The summed E-state index contributed by atoms with van der Waals surface area (Å²) >= 11 is 0. The summed E-state index contributed by atoms with van der Waals surface area (Å²) in [6.45, 7) is 0. The molecular weight excluding hydrogens is 163 g/mol. The van der Waals surface area contributed by atoms with E-state index in [9.17, 15) is 4.57 Å². The molecule has 0 fully saturated rings. The topological polar surface area (TPSA) is 46.5 Å². The van der Waals surface area contributed by atoms with Gasteiger partial charge in [-0.25, -0.2) is 0 Å². The summed E-state index contributed by atoms with van der Waals surface area (Å²) in [5.74, 6) is 0.686. The molecule has 0 radical (unpaired) electrons. The zero-order chi connectivity index (χ0) is 8.27. The van der Waals surface area contributed by atoms with Gasteiger partial charge in [-0.05, 0) is 28.8 Å². The van der Waals surface area contributed by atoms with Crippen LogP contribution in [0, 0.1) is 0 Å². The second-order valence-corrected chi connectivity index (χ2v) is 3.03. The first-order valence-electron chi connectivity index (χ1n) is 3.04. The highest BCUT2D eigenvalue weighted by Gasteiger charge is 2.14. The average molecular weight is 171 g/mol. The van der Waals surface area contributed by atoms with E-state index in [1.807, 2.05) is 0 Å². The Labute approximate surface area is 65.5 Å². The van der Waals surface area contributed by atoms with E-state index in [1.54, 1.807) is 31.4 Å². The number of rotatable bonds is 2. The predicted octanol–water partition coefficient (Wildman–Crippen LogP) is 1.06. The van der Waals surface area contributed by atoms with Crippen LogP contribution in [0.2, 0.25) is 0 Å². The van der Waals surface area contributed by atoms with Gasteiger partial charge in [0.1, 0.15) is 5.75 Å². The second kappa shape index (κ2) is 3.46. The lowest BCUT2D eigenvalue weighted by molar-refractivity contribution is 0.415. The maximum absolute atomic E-state index is 10.5. The van der Waals surface area contributed by atoms with Gasteiger partial charge in [-0.2, -0.15) is 4.89 Å². The molecule has 4 heteroatoms. The summed E-state index contributed by atoms with van der Waals surface area (Å²) in [5.41, 5.74) is 0. The summed E-state index contributed by atoms with van der Waals surface area (Å²) in [4.78, 5) is 8.66. The Morgan fingerprint density at radius 3 is 2.27 bits per heavy atom. The van der Waals surface area contributed by atoms with Crippen molar-refractivity contribution in [1.29, 1.82) is 0 Å². The van der Waals surface area contributed by atoms with Gasteiger partial charge in [0.05, 0.1) is 7.11 Å². The van der Waals surface area contributed by atoms with E-state index < -0.39 is 8.03 Å². The van der Waals surface area contributed by atoms with Crippen LogP contribution >= 0.6 is 8.03 Å². The lowest BCUT2D eigenvalue weighted by Crippen LogP contribution is -1.94. The Balaban J connectivity index is 2.91. The molecule has 1 atom stereocenters. The normalized spacial score (nSPS) is 10.9. The Kier molecular flexibility index (Phi) is 2.58. The molecule has 0 spiro atoms. The van der Waals surface area contributed by atoms with Crippen molar-refractivity contribution in [3.8, 4) is 5.75 Å². The standard InChI is InChI=1S/C7H7O3P/c1-10-6-2-4-7(5-3-6)11(8)9/h2-5H,1H3/p+1.